The van der Waals surface area contributed by atoms with Gasteiger partial charge in [0.05, 0.1) is 17.7 Å². The van der Waals surface area contributed by atoms with E-state index in [1.807, 2.05) is 11.5 Å². The number of H-pyrrole nitrogens is 1. The number of carbonyl (C=O) groups excluding carboxylic acids is 1. The van der Waals surface area contributed by atoms with Gasteiger partial charge in [-0.3, -0.25) is 19.8 Å². The lowest BCUT2D eigenvalue weighted by molar-refractivity contribution is 0.102. The normalized spacial score (nSPS) is 10.5. The summed E-state index contributed by atoms with van der Waals surface area (Å²) in [5.41, 5.74) is 1.29. The quantitative estimate of drug-likeness (QED) is 0.496. The first-order valence-corrected chi connectivity index (χ1v) is 8.95. The third-order valence-corrected chi connectivity index (χ3v) is 5.02. The SMILES string of the molecule is C=CCn1c(-c2sc(NC(=O)c3ccc(OC)cc3)nc2C)n[nH]c1=S. The molecule has 0 radical (unpaired) electrons. The Morgan fingerprint density at radius 2 is 2.19 bits per heavy atom. The molecule has 2 aromatic heterocycles. The third-order valence-electron chi connectivity index (χ3n) is 3.64. The molecule has 0 aliphatic carbocycles. The maximum atomic E-state index is 12.4. The van der Waals surface area contributed by atoms with Crippen LogP contribution >= 0.6 is 23.6 Å². The van der Waals surface area contributed by atoms with Crippen molar-refractivity contribution in [2.75, 3.05) is 12.4 Å². The van der Waals surface area contributed by atoms with Crippen molar-refractivity contribution < 1.29 is 9.53 Å². The van der Waals surface area contributed by atoms with Gasteiger partial charge in [-0.15, -0.1) is 6.58 Å². The second-order valence-electron chi connectivity index (χ2n) is 5.37. The molecular weight excluding hydrogens is 370 g/mol. The highest BCUT2D eigenvalue weighted by Gasteiger charge is 2.17. The maximum Gasteiger partial charge on any atom is 0.257 e. The Kier molecular flexibility index (Phi) is 5.29. The van der Waals surface area contributed by atoms with E-state index in [2.05, 4.69) is 27.1 Å². The predicted molar refractivity (Wildman–Crippen MR) is 104 cm³/mol. The van der Waals surface area contributed by atoms with Gasteiger partial charge in [-0.1, -0.05) is 17.4 Å². The first-order valence-electron chi connectivity index (χ1n) is 7.72. The van der Waals surface area contributed by atoms with E-state index in [1.165, 1.54) is 11.3 Å². The Balaban J connectivity index is 1.85. The smallest absolute Gasteiger partial charge is 0.257 e. The number of rotatable bonds is 6. The van der Waals surface area contributed by atoms with Crippen molar-refractivity contribution in [1.29, 1.82) is 0 Å². The molecule has 3 aromatic rings. The Morgan fingerprint density at radius 3 is 2.85 bits per heavy atom. The van der Waals surface area contributed by atoms with E-state index in [-0.39, 0.29) is 5.91 Å². The summed E-state index contributed by atoms with van der Waals surface area (Å²) in [4.78, 5) is 17.7. The number of nitrogens with zero attached hydrogens (tertiary/aromatic N) is 3. The number of nitrogens with one attached hydrogen (secondary N) is 2. The molecule has 0 saturated carbocycles. The number of aromatic nitrogens is 4. The summed E-state index contributed by atoms with van der Waals surface area (Å²) < 4.78 is 7.44. The van der Waals surface area contributed by atoms with Crippen molar-refractivity contribution in [2.45, 2.75) is 13.5 Å². The van der Waals surface area contributed by atoms with E-state index in [0.717, 1.165) is 10.6 Å². The Hall–Kier alpha value is -2.78. The zero-order valence-electron chi connectivity index (χ0n) is 14.3. The van der Waals surface area contributed by atoms with Gasteiger partial charge >= 0.3 is 0 Å². The zero-order chi connectivity index (χ0) is 18.7. The number of allylic oxidation sites excluding steroid dienone is 1. The van der Waals surface area contributed by atoms with Crippen molar-refractivity contribution >= 4 is 34.6 Å². The highest BCUT2D eigenvalue weighted by atomic mass is 32.1. The van der Waals surface area contributed by atoms with Crippen LogP contribution in [0.1, 0.15) is 16.1 Å². The molecule has 9 heteroatoms. The van der Waals surface area contributed by atoms with Crippen molar-refractivity contribution in [3.63, 3.8) is 0 Å². The number of ether oxygens (including phenoxy) is 1. The molecule has 3 rings (SSSR count). The van der Waals surface area contributed by atoms with Gasteiger partial charge in [0.2, 0.25) is 0 Å². The van der Waals surface area contributed by atoms with Crippen LogP contribution in [0.15, 0.2) is 36.9 Å². The second-order valence-corrected chi connectivity index (χ2v) is 6.75. The van der Waals surface area contributed by atoms with E-state index < -0.39 is 0 Å². The molecule has 0 fully saturated rings. The number of amides is 1. The number of hydrogen-bond acceptors (Lipinski definition) is 6. The first-order chi connectivity index (χ1) is 12.5. The van der Waals surface area contributed by atoms with Crippen LogP contribution in [0.3, 0.4) is 0 Å². The Bertz CT molecular complexity index is 1000. The van der Waals surface area contributed by atoms with Gasteiger partial charge in [0, 0.05) is 12.1 Å². The molecular formula is C17H17N5O2S2. The van der Waals surface area contributed by atoms with Gasteiger partial charge in [0.1, 0.15) is 5.75 Å². The lowest BCUT2D eigenvalue weighted by Gasteiger charge is -2.03. The Morgan fingerprint density at radius 1 is 1.46 bits per heavy atom. The van der Waals surface area contributed by atoms with E-state index in [1.54, 1.807) is 37.5 Å². The summed E-state index contributed by atoms with van der Waals surface area (Å²) in [6.07, 6.45) is 1.75. The zero-order valence-corrected chi connectivity index (χ0v) is 15.9. The van der Waals surface area contributed by atoms with Gasteiger partial charge in [-0.25, -0.2) is 4.98 Å². The molecule has 0 bridgehead atoms. The van der Waals surface area contributed by atoms with Gasteiger partial charge < -0.3 is 4.74 Å². The molecule has 0 spiro atoms. The summed E-state index contributed by atoms with van der Waals surface area (Å²) in [6.45, 7) is 6.14. The van der Waals surface area contributed by atoms with Gasteiger partial charge in [0.15, 0.2) is 15.7 Å². The molecule has 26 heavy (non-hydrogen) atoms. The van der Waals surface area contributed by atoms with E-state index in [0.29, 0.717) is 33.6 Å². The van der Waals surface area contributed by atoms with Crippen molar-refractivity contribution in [3.05, 3.63) is 52.9 Å². The topological polar surface area (TPSA) is 84.8 Å². The van der Waals surface area contributed by atoms with Crippen LogP contribution in [0.2, 0.25) is 0 Å². The summed E-state index contributed by atoms with van der Waals surface area (Å²) in [7, 11) is 1.58. The minimum atomic E-state index is -0.238. The van der Waals surface area contributed by atoms with Crippen LogP contribution in [0, 0.1) is 11.7 Å². The number of aryl methyl sites for hydroxylation is 1. The summed E-state index contributed by atoms with van der Waals surface area (Å²) in [5.74, 6) is 1.13. The van der Waals surface area contributed by atoms with Crippen molar-refractivity contribution in [2.24, 2.45) is 0 Å². The minimum Gasteiger partial charge on any atom is -0.497 e. The number of methoxy groups -OCH3 is 1. The highest BCUT2D eigenvalue weighted by molar-refractivity contribution is 7.71. The monoisotopic (exact) mass is 387 g/mol. The molecule has 134 valence electrons. The molecule has 0 atom stereocenters. The molecule has 2 N–H and O–H groups in total. The van der Waals surface area contributed by atoms with Crippen LogP contribution in [0.25, 0.3) is 10.7 Å². The fourth-order valence-corrected chi connectivity index (χ4v) is 3.53. The van der Waals surface area contributed by atoms with Crippen molar-refractivity contribution in [3.8, 4) is 16.5 Å². The number of benzene rings is 1. The average molecular weight is 387 g/mol. The van der Waals surface area contributed by atoms with Gasteiger partial charge in [-0.05, 0) is 43.4 Å². The molecule has 0 aliphatic rings. The molecule has 0 unspecified atom stereocenters. The van der Waals surface area contributed by atoms with E-state index in [4.69, 9.17) is 17.0 Å². The number of anilines is 1. The fourth-order valence-electron chi connectivity index (χ4n) is 2.36. The van der Waals surface area contributed by atoms with Gasteiger partial charge in [-0.2, -0.15) is 5.10 Å². The second kappa shape index (κ2) is 7.63. The molecule has 1 aromatic carbocycles. The number of aromatic amines is 1. The molecule has 1 amide bonds. The first kappa shape index (κ1) is 18.0. The molecule has 0 saturated heterocycles. The van der Waals surface area contributed by atoms with Crippen LogP contribution in [-0.2, 0) is 6.54 Å². The van der Waals surface area contributed by atoms with E-state index >= 15 is 0 Å². The standard InChI is InChI=1S/C17H17N5O2S2/c1-4-9-22-14(20-21-17(22)25)13-10(2)18-16(26-13)19-15(23)11-5-7-12(24-3)8-6-11/h4-8H,1,9H2,2-3H3,(H,21,25)(H,18,19,23). The number of thiazole rings is 1. The largest absolute Gasteiger partial charge is 0.497 e. The summed E-state index contributed by atoms with van der Waals surface area (Å²) in [5, 5.41) is 10.4. The predicted octanol–water partition coefficient (Wildman–Crippen LogP) is 3.82. The van der Waals surface area contributed by atoms with Crippen LogP contribution in [-0.4, -0.2) is 32.8 Å². The highest BCUT2D eigenvalue weighted by Crippen LogP contribution is 2.32. The minimum absolute atomic E-state index is 0.238. The lowest BCUT2D eigenvalue weighted by atomic mass is 10.2. The van der Waals surface area contributed by atoms with Gasteiger partial charge in [0.25, 0.3) is 5.91 Å². The molecule has 0 aliphatic heterocycles. The maximum absolute atomic E-state index is 12.4. The molecule has 7 nitrogen and oxygen atoms in total. The summed E-state index contributed by atoms with van der Waals surface area (Å²) >= 11 is 6.59. The van der Waals surface area contributed by atoms with Crippen LogP contribution in [0.5, 0.6) is 5.75 Å². The van der Waals surface area contributed by atoms with Crippen LogP contribution < -0.4 is 10.1 Å². The fraction of sp³-hybridized carbons (Fsp3) is 0.176. The van der Waals surface area contributed by atoms with Crippen LogP contribution in [0.4, 0.5) is 5.13 Å². The third kappa shape index (κ3) is 3.58. The number of hydrogen-bond donors (Lipinski definition) is 2. The number of carbonyl (C=O) groups is 1. The Labute approximate surface area is 159 Å². The van der Waals surface area contributed by atoms with E-state index in [9.17, 15) is 4.79 Å². The van der Waals surface area contributed by atoms with Crippen molar-refractivity contribution in [1.82, 2.24) is 19.7 Å². The summed E-state index contributed by atoms with van der Waals surface area (Å²) in [6, 6.07) is 6.87. The lowest BCUT2D eigenvalue weighted by Crippen LogP contribution is -2.11. The molecule has 2 heterocycles. The average Bonchev–Trinajstić information content (AvgIpc) is 3.18.